The van der Waals surface area contributed by atoms with Crippen LogP contribution in [0.15, 0.2) is 66.7 Å². The molecule has 0 spiro atoms. The first-order chi connectivity index (χ1) is 11.2. The van der Waals surface area contributed by atoms with Gasteiger partial charge >= 0.3 is 0 Å². The Morgan fingerprint density at radius 3 is 2.48 bits per heavy atom. The zero-order valence-electron chi connectivity index (χ0n) is 13.7. The van der Waals surface area contributed by atoms with Crippen molar-refractivity contribution < 1.29 is 4.79 Å². The molecule has 2 nitrogen and oxygen atoms in total. The van der Waals surface area contributed by atoms with Crippen LogP contribution >= 0.6 is 0 Å². The van der Waals surface area contributed by atoms with E-state index in [1.807, 2.05) is 36.4 Å². The summed E-state index contributed by atoms with van der Waals surface area (Å²) in [5, 5.41) is 3.25. The Balaban J connectivity index is 1.83. The molecule has 0 bridgehead atoms. The van der Waals surface area contributed by atoms with Crippen LogP contribution in [-0.2, 0) is 11.2 Å². The third-order valence-corrected chi connectivity index (χ3v) is 4.46. The van der Waals surface area contributed by atoms with E-state index in [2.05, 4.69) is 49.5 Å². The SMILES string of the molecule is CC(C)C(NC(=O)C1C=CCc2ccccc21)c1ccccc1. The van der Waals surface area contributed by atoms with Crippen LogP contribution < -0.4 is 5.32 Å². The molecular weight excluding hydrogens is 282 g/mol. The maximum absolute atomic E-state index is 12.9. The van der Waals surface area contributed by atoms with Gasteiger partial charge in [0.1, 0.15) is 0 Å². The van der Waals surface area contributed by atoms with Crippen molar-refractivity contribution in [3.63, 3.8) is 0 Å². The van der Waals surface area contributed by atoms with Crippen molar-refractivity contribution in [2.24, 2.45) is 5.92 Å². The lowest BCUT2D eigenvalue weighted by Crippen LogP contribution is -2.35. The number of carbonyl (C=O) groups excluding carboxylic acids is 1. The predicted octanol–water partition coefficient (Wildman–Crippen LogP) is 4.40. The Bertz CT molecular complexity index is 703. The van der Waals surface area contributed by atoms with E-state index in [0.717, 1.165) is 17.5 Å². The van der Waals surface area contributed by atoms with E-state index >= 15 is 0 Å². The summed E-state index contributed by atoms with van der Waals surface area (Å²) >= 11 is 0. The molecule has 2 atom stereocenters. The van der Waals surface area contributed by atoms with Gasteiger partial charge in [-0.2, -0.15) is 0 Å². The first-order valence-electron chi connectivity index (χ1n) is 8.26. The summed E-state index contributed by atoms with van der Waals surface area (Å²) < 4.78 is 0. The van der Waals surface area contributed by atoms with Gasteiger partial charge in [-0.15, -0.1) is 0 Å². The van der Waals surface area contributed by atoms with Gasteiger partial charge in [0.15, 0.2) is 0 Å². The van der Waals surface area contributed by atoms with Gasteiger partial charge in [-0.05, 0) is 29.0 Å². The van der Waals surface area contributed by atoms with Gasteiger partial charge in [-0.1, -0.05) is 80.6 Å². The van der Waals surface area contributed by atoms with E-state index in [1.165, 1.54) is 5.56 Å². The zero-order chi connectivity index (χ0) is 16.2. The number of hydrogen-bond donors (Lipinski definition) is 1. The molecule has 1 aliphatic rings. The smallest absolute Gasteiger partial charge is 0.231 e. The molecule has 2 aromatic carbocycles. The van der Waals surface area contributed by atoms with Crippen LogP contribution in [0.5, 0.6) is 0 Å². The number of allylic oxidation sites excluding steroid dienone is 1. The van der Waals surface area contributed by atoms with E-state index in [1.54, 1.807) is 0 Å². The summed E-state index contributed by atoms with van der Waals surface area (Å²) in [5.41, 5.74) is 3.53. The van der Waals surface area contributed by atoms with Crippen molar-refractivity contribution in [3.8, 4) is 0 Å². The van der Waals surface area contributed by atoms with Gasteiger partial charge < -0.3 is 5.32 Å². The molecule has 0 aliphatic heterocycles. The van der Waals surface area contributed by atoms with Crippen LogP contribution in [0.4, 0.5) is 0 Å². The Morgan fingerprint density at radius 1 is 1.04 bits per heavy atom. The molecule has 1 amide bonds. The number of hydrogen-bond acceptors (Lipinski definition) is 1. The highest BCUT2D eigenvalue weighted by molar-refractivity contribution is 5.87. The minimum Gasteiger partial charge on any atom is -0.348 e. The largest absolute Gasteiger partial charge is 0.348 e. The van der Waals surface area contributed by atoms with Crippen LogP contribution in [0.25, 0.3) is 0 Å². The summed E-state index contributed by atoms with van der Waals surface area (Å²) in [7, 11) is 0. The fourth-order valence-electron chi connectivity index (χ4n) is 3.23. The second-order valence-electron chi connectivity index (χ2n) is 6.45. The van der Waals surface area contributed by atoms with Crippen LogP contribution in [0.1, 0.15) is 42.5 Å². The molecule has 1 aliphatic carbocycles. The molecule has 0 aromatic heterocycles. The summed E-state index contributed by atoms with van der Waals surface area (Å²) in [6.07, 6.45) is 5.03. The van der Waals surface area contributed by atoms with Crippen molar-refractivity contribution >= 4 is 5.91 Å². The molecule has 1 N–H and O–H groups in total. The van der Waals surface area contributed by atoms with Gasteiger partial charge in [-0.3, -0.25) is 4.79 Å². The van der Waals surface area contributed by atoms with Crippen LogP contribution in [0, 0.1) is 5.92 Å². The quantitative estimate of drug-likeness (QED) is 0.834. The molecule has 2 unspecified atom stereocenters. The fourth-order valence-corrected chi connectivity index (χ4v) is 3.23. The maximum Gasteiger partial charge on any atom is 0.231 e. The van der Waals surface area contributed by atoms with Crippen LogP contribution in [0.3, 0.4) is 0 Å². The second-order valence-corrected chi connectivity index (χ2v) is 6.45. The van der Waals surface area contributed by atoms with E-state index in [4.69, 9.17) is 0 Å². The number of nitrogens with one attached hydrogen (secondary N) is 1. The lowest BCUT2D eigenvalue weighted by molar-refractivity contribution is -0.122. The highest BCUT2D eigenvalue weighted by Gasteiger charge is 2.26. The first kappa shape index (κ1) is 15.5. The van der Waals surface area contributed by atoms with Crippen molar-refractivity contribution in [2.45, 2.75) is 32.2 Å². The van der Waals surface area contributed by atoms with Crippen molar-refractivity contribution in [1.29, 1.82) is 0 Å². The van der Waals surface area contributed by atoms with Crippen LogP contribution in [0.2, 0.25) is 0 Å². The summed E-state index contributed by atoms with van der Waals surface area (Å²) in [5.74, 6) is 0.227. The zero-order valence-corrected chi connectivity index (χ0v) is 13.7. The third-order valence-electron chi connectivity index (χ3n) is 4.46. The lowest BCUT2D eigenvalue weighted by atomic mass is 9.86. The molecular formula is C21H23NO. The molecule has 118 valence electrons. The normalized spacial score (nSPS) is 17.6. The predicted molar refractivity (Wildman–Crippen MR) is 94.2 cm³/mol. The molecule has 0 fully saturated rings. The van der Waals surface area contributed by atoms with Gasteiger partial charge in [0.25, 0.3) is 0 Å². The molecule has 2 aromatic rings. The number of rotatable bonds is 4. The molecule has 23 heavy (non-hydrogen) atoms. The topological polar surface area (TPSA) is 29.1 Å². The highest BCUT2D eigenvalue weighted by Crippen LogP contribution is 2.29. The number of carbonyl (C=O) groups is 1. The molecule has 0 saturated heterocycles. The van der Waals surface area contributed by atoms with Gasteiger partial charge in [0.05, 0.1) is 12.0 Å². The Hall–Kier alpha value is -2.35. The third kappa shape index (κ3) is 3.37. The molecule has 0 radical (unpaired) electrons. The monoisotopic (exact) mass is 305 g/mol. The van der Waals surface area contributed by atoms with Crippen LogP contribution in [-0.4, -0.2) is 5.91 Å². The molecule has 2 heteroatoms. The standard InChI is InChI=1S/C21H23NO/c1-15(2)20(17-10-4-3-5-11-17)22-21(23)19-14-8-12-16-9-6-7-13-18(16)19/h3-11,13-15,19-20H,12H2,1-2H3,(H,22,23). The van der Waals surface area contributed by atoms with Crippen molar-refractivity contribution in [3.05, 3.63) is 83.4 Å². The average molecular weight is 305 g/mol. The van der Waals surface area contributed by atoms with E-state index in [0.29, 0.717) is 5.92 Å². The summed E-state index contributed by atoms with van der Waals surface area (Å²) in [6.45, 7) is 4.28. The molecule has 0 heterocycles. The molecule has 3 rings (SSSR count). The van der Waals surface area contributed by atoms with Gasteiger partial charge in [0, 0.05) is 0 Å². The van der Waals surface area contributed by atoms with E-state index in [-0.39, 0.29) is 17.9 Å². The average Bonchev–Trinajstić information content (AvgIpc) is 2.59. The van der Waals surface area contributed by atoms with E-state index in [9.17, 15) is 4.79 Å². The van der Waals surface area contributed by atoms with Gasteiger partial charge in [-0.25, -0.2) is 0 Å². The second kappa shape index (κ2) is 6.82. The summed E-state index contributed by atoms with van der Waals surface area (Å²) in [4.78, 5) is 12.9. The number of amides is 1. The highest BCUT2D eigenvalue weighted by atomic mass is 16.1. The first-order valence-corrected chi connectivity index (χ1v) is 8.26. The maximum atomic E-state index is 12.9. The number of fused-ring (bicyclic) bond motifs is 1. The molecule has 0 saturated carbocycles. The fraction of sp³-hybridized carbons (Fsp3) is 0.286. The Labute approximate surface area is 138 Å². The Morgan fingerprint density at radius 2 is 1.74 bits per heavy atom. The van der Waals surface area contributed by atoms with Gasteiger partial charge in [0.2, 0.25) is 5.91 Å². The lowest BCUT2D eigenvalue weighted by Gasteiger charge is -2.27. The van der Waals surface area contributed by atoms with E-state index < -0.39 is 0 Å². The number of benzene rings is 2. The summed E-state index contributed by atoms with van der Waals surface area (Å²) in [6, 6.07) is 18.5. The van der Waals surface area contributed by atoms with Crippen molar-refractivity contribution in [1.82, 2.24) is 5.32 Å². The van der Waals surface area contributed by atoms with Crippen molar-refractivity contribution in [2.75, 3.05) is 0 Å². The Kier molecular flexibility index (Phi) is 4.61. The minimum atomic E-state index is -0.190. The minimum absolute atomic E-state index is 0.0335.